The van der Waals surface area contributed by atoms with E-state index < -0.39 is 11.9 Å². The highest BCUT2D eigenvalue weighted by Crippen LogP contribution is 2.27. The molecular weight excluding hydrogens is 297 g/mol. The second kappa shape index (κ2) is 6.12. The van der Waals surface area contributed by atoms with Crippen LogP contribution >= 0.6 is 0 Å². The fourth-order valence-electron chi connectivity index (χ4n) is 1.70. The highest BCUT2D eigenvalue weighted by atomic mass is 19.4. The van der Waals surface area contributed by atoms with Gasteiger partial charge in [0.25, 0.3) is 0 Å². The molecule has 0 unspecified atom stereocenters. The molecule has 118 valence electrons. The maximum absolute atomic E-state index is 12.4. The molecule has 0 aliphatic carbocycles. The van der Waals surface area contributed by atoms with Crippen LogP contribution in [-0.2, 0) is 12.7 Å². The Morgan fingerprint density at radius 3 is 2.09 bits per heavy atom. The third-order valence-corrected chi connectivity index (χ3v) is 2.84. The number of halogens is 3. The van der Waals surface area contributed by atoms with Crippen LogP contribution in [0.5, 0.6) is 0 Å². The molecule has 0 N–H and O–H groups in total. The van der Waals surface area contributed by atoms with Gasteiger partial charge in [-0.15, -0.1) is 10.2 Å². The van der Waals surface area contributed by atoms with Crippen molar-refractivity contribution in [3.8, 4) is 0 Å². The van der Waals surface area contributed by atoms with E-state index in [9.17, 15) is 13.2 Å². The lowest BCUT2D eigenvalue weighted by Crippen LogP contribution is -2.20. The predicted molar refractivity (Wildman–Crippen MR) is 75.5 cm³/mol. The van der Waals surface area contributed by atoms with E-state index >= 15 is 0 Å². The highest BCUT2D eigenvalue weighted by molar-refractivity contribution is 5.38. The van der Waals surface area contributed by atoms with Crippen molar-refractivity contribution in [2.75, 3.05) is 30.9 Å². The van der Waals surface area contributed by atoms with Crippen LogP contribution in [0.25, 0.3) is 0 Å². The number of aromatic nitrogens is 4. The van der Waals surface area contributed by atoms with Gasteiger partial charge in [-0.25, -0.2) is 9.97 Å². The fraction of sp³-hybridized carbons (Fsp3) is 0.385. The number of anilines is 2. The molecule has 0 spiro atoms. The Morgan fingerprint density at radius 1 is 1.00 bits per heavy atom. The molecule has 9 heteroatoms. The van der Waals surface area contributed by atoms with Crippen LogP contribution in [0.15, 0.2) is 24.5 Å². The van der Waals surface area contributed by atoms with Gasteiger partial charge in [0, 0.05) is 45.6 Å². The number of alkyl halides is 3. The van der Waals surface area contributed by atoms with Crippen LogP contribution in [0.2, 0.25) is 0 Å². The zero-order chi connectivity index (χ0) is 16.3. The summed E-state index contributed by atoms with van der Waals surface area (Å²) in [6, 6.07) is 2.19. The standard InChI is InChI=1S/C13H15F3N6/c1-21(2)12-17-6-9(7-18-12)8-22(3)11-5-4-10(19-20-11)13(14,15)16/h4-7H,8H2,1-3H3. The van der Waals surface area contributed by atoms with Gasteiger partial charge in [-0.2, -0.15) is 13.2 Å². The van der Waals surface area contributed by atoms with Gasteiger partial charge in [0.2, 0.25) is 5.95 Å². The van der Waals surface area contributed by atoms with Gasteiger partial charge in [0.05, 0.1) is 0 Å². The first-order valence-corrected chi connectivity index (χ1v) is 6.37. The Kier molecular flexibility index (Phi) is 4.43. The van der Waals surface area contributed by atoms with Gasteiger partial charge in [-0.05, 0) is 12.1 Å². The third kappa shape index (κ3) is 3.80. The maximum atomic E-state index is 12.4. The van der Waals surface area contributed by atoms with E-state index in [1.165, 1.54) is 6.07 Å². The largest absolute Gasteiger partial charge is 0.435 e. The molecule has 2 heterocycles. The number of hydrogen-bond acceptors (Lipinski definition) is 6. The van der Waals surface area contributed by atoms with Crippen LogP contribution in [0.3, 0.4) is 0 Å². The average molecular weight is 312 g/mol. The summed E-state index contributed by atoms with van der Waals surface area (Å²) in [4.78, 5) is 11.8. The molecule has 22 heavy (non-hydrogen) atoms. The molecule has 0 aliphatic rings. The van der Waals surface area contributed by atoms with Gasteiger partial charge < -0.3 is 9.80 Å². The topological polar surface area (TPSA) is 58.0 Å². The number of rotatable bonds is 4. The second-order valence-electron chi connectivity index (χ2n) is 4.92. The molecule has 0 saturated heterocycles. The number of nitrogens with zero attached hydrogens (tertiary/aromatic N) is 6. The van der Waals surface area contributed by atoms with Crippen LogP contribution < -0.4 is 9.80 Å². The molecule has 0 atom stereocenters. The van der Waals surface area contributed by atoms with E-state index in [4.69, 9.17) is 0 Å². The SMILES string of the molecule is CN(C)c1ncc(CN(C)c2ccc(C(F)(F)F)nn2)cn1. The molecule has 0 fully saturated rings. The first kappa shape index (κ1) is 15.9. The molecular formula is C13H15F3N6. The molecule has 2 rings (SSSR count). The third-order valence-electron chi connectivity index (χ3n) is 2.84. The minimum Gasteiger partial charge on any atom is -0.354 e. The van der Waals surface area contributed by atoms with Crippen molar-refractivity contribution in [2.24, 2.45) is 0 Å². The maximum Gasteiger partial charge on any atom is 0.435 e. The molecule has 2 aromatic heterocycles. The van der Waals surface area contributed by atoms with Crippen molar-refractivity contribution in [3.05, 3.63) is 35.8 Å². The van der Waals surface area contributed by atoms with E-state index in [1.54, 1.807) is 29.2 Å². The van der Waals surface area contributed by atoms with Crippen LogP contribution in [0.4, 0.5) is 24.9 Å². The first-order chi connectivity index (χ1) is 10.3. The zero-order valence-electron chi connectivity index (χ0n) is 12.3. The van der Waals surface area contributed by atoms with Crippen molar-refractivity contribution < 1.29 is 13.2 Å². The fourth-order valence-corrected chi connectivity index (χ4v) is 1.70. The van der Waals surface area contributed by atoms with Crippen LogP contribution in [0.1, 0.15) is 11.3 Å². The molecule has 6 nitrogen and oxygen atoms in total. The summed E-state index contributed by atoms with van der Waals surface area (Å²) in [6.07, 6.45) is -1.16. The second-order valence-corrected chi connectivity index (χ2v) is 4.92. The van der Waals surface area contributed by atoms with Gasteiger partial charge in [0.1, 0.15) is 0 Å². The van der Waals surface area contributed by atoms with E-state index in [2.05, 4.69) is 20.2 Å². The summed E-state index contributed by atoms with van der Waals surface area (Å²) in [5.41, 5.74) is -0.196. The summed E-state index contributed by atoms with van der Waals surface area (Å²) in [7, 11) is 5.37. The smallest absolute Gasteiger partial charge is 0.354 e. The molecule has 0 radical (unpaired) electrons. The van der Waals surface area contributed by atoms with Crippen LogP contribution in [0, 0.1) is 0 Å². The summed E-state index contributed by atoms with van der Waals surface area (Å²) in [5.74, 6) is 0.922. The van der Waals surface area contributed by atoms with Crippen molar-refractivity contribution in [1.82, 2.24) is 20.2 Å². The van der Waals surface area contributed by atoms with Crippen molar-refractivity contribution in [2.45, 2.75) is 12.7 Å². The molecule has 0 amide bonds. The quantitative estimate of drug-likeness (QED) is 0.860. The minimum absolute atomic E-state index is 0.338. The Bertz CT molecular complexity index is 609. The minimum atomic E-state index is -4.49. The summed E-state index contributed by atoms with van der Waals surface area (Å²) in [6.45, 7) is 0.410. The Morgan fingerprint density at radius 2 is 1.64 bits per heavy atom. The number of hydrogen-bond donors (Lipinski definition) is 0. The summed E-state index contributed by atoms with van der Waals surface area (Å²) < 4.78 is 37.3. The van der Waals surface area contributed by atoms with E-state index in [0.29, 0.717) is 18.3 Å². The molecule has 0 bridgehead atoms. The van der Waals surface area contributed by atoms with Gasteiger partial charge in [-0.1, -0.05) is 0 Å². The Balaban J connectivity index is 2.07. The average Bonchev–Trinajstić information content (AvgIpc) is 2.47. The van der Waals surface area contributed by atoms with Gasteiger partial charge in [-0.3, -0.25) is 0 Å². The van der Waals surface area contributed by atoms with Crippen LogP contribution in [-0.4, -0.2) is 41.3 Å². The Labute approximate surface area is 125 Å². The van der Waals surface area contributed by atoms with Crippen molar-refractivity contribution in [1.29, 1.82) is 0 Å². The summed E-state index contributed by atoms with van der Waals surface area (Å²) in [5, 5.41) is 6.79. The monoisotopic (exact) mass is 312 g/mol. The van der Waals surface area contributed by atoms with Crippen molar-refractivity contribution >= 4 is 11.8 Å². The van der Waals surface area contributed by atoms with Crippen molar-refractivity contribution in [3.63, 3.8) is 0 Å². The molecule has 2 aromatic rings. The summed E-state index contributed by atoms with van der Waals surface area (Å²) >= 11 is 0. The molecule has 0 aliphatic heterocycles. The predicted octanol–water partition coefficient (Wildman–Crippen LogP) is 1.99. The van der Waals surface area contributed by atoms with E-state index in [-0.39, 0.29) is 0 Å². The highest BCUT2D eigenvalue weighted by Gasteiger charge is 2.33. The molecule has 0 aromatic carbocycles. The zero-order valence-corrected chi connectivity index (χ0v) is 12.3. The van der Waals surface area contributed by atoms with E-state index in [1.807, 2.05) is 14.1 Å². The first-order valence-electron chi connectivity index (χ1n) is 6.37. The van der Waals surface area contributed by atoms with Gasteiger partial charge in [0.15, 0.2) is 11.5 Å². The lowest BCUT2D eigenvalue weighted by Gasteiger charge is -2.18. The lowest BCUT2D eigenvalue weighted by molar-refractivity contribution is -0.141. The van der Waals surface area contributed by atoms with E-state index in [0.717, 1.165) is 11.6 Å². The Hall–Kier alpha value is -2.45. The normalized spacial score (nSPS) is 11.4. The van der Waals surface area contributed by atoms with Gasteiger partial charge >= 0.3 is 6.18 Å². The lowest BCUT2D eigenvalue weighted by atomic mass is 10.3. The molecule has 0 saturated carbocycles.